The van der Waals surface area contributed by atoms with Crippen LogP contribution in [0, 0.1) is 6.92 Å². The number of fused-ring (bicyclic) bond motifs is 1. The van der Waals surface area contributed by atoms with Crippen molar-refractivity contribution in [1.29, 1.82) is 0 Å². The quantitative estimate of drug-likeness (QED) is 0.725. The second kappa shape index (κ2) is 7.42. The van der Waals surface area contributed by atoms with Gasteiger partial charge >= 0.3 is 0 Å². The summed E-state index contributed by atoms with van der Waals surface area (Å²) in [4.78, 5) is 27.9. The lowest BCUT2D eigenvalue weighted by Gasteiger charge is -2.33. The summed E-state index contributed by atoms with van der Waals surface area (Å²) in [7, 11) is 2.12. The first-order chi connectivity index (χ1) is 13.0. The van der Waals surface area contributed by atoms with E-state index in [1.165, 1.54) is 11.3 Å². The summed E-state index contributed by atoms with van der Waals surface area (Å²) in [6.45, 7) is 5.78. The zero-order valence-electron chi connectivity index (χ0n) is 15.2. The van der Waals surface area contributed by atoms with Crippen LogP contribution in [-0.2, 0) is 0 Å². The molecule has 1 aliphatic rings. The Labute approximate surface area is 166 Å². The number of benzene rings is 1. The molecular formula is C19H20ClN5OS. The molecule has 140 valence electrons. The Morgan fingerprint density at radius 3 is 2.67 bits per heavy atom. The number of nitrogens with one attached hydrogen (secondary N) is 1. The summed E-state index contributed by atoms with van der Waals surface area (Å²) < 4.78 is 0. The molecule has 3 heterocycles. The number of aryl methyl sites for hydroxylation is 1. The van der Waals surface area contributed by atoms with Crippen molar-refractivity contribution in [2.75, 3.05) is 43.4 Å². The molecular weight excluding hydrogens is 382 g/mol. The molecule has 3 aromatic rings. The third kappa shape index (κ3) is 3.50. The van der Waals surface area contributed by atoms with E-state index in [0.717, 1.165) is 47.8 Å². The molecule has 0 spiro atoms. The summed E-state index contributed by atoms with van der Waals surface area (Å²) in [5, 5.41) is 4.39. The molecule has 1 aromatic carbocycles. The molecule has 4 rings (SSSR count). The zero-order valence-corrected chi connectivity index (χ0v) is 16.8. The lowest BCUT2D eigenvalue weighted by Crippen LogP contribution is -2.44. The topological polar surface area (TPSA) is 61.4 Å². The molecule has 0 unspecified atom stereocenters. The maximum atomic E-state index is 12.9. The third-order valence-electron chi connectivity index (χ3n) is 4.84. The number of carbonyl (C=O) groups is 1. The van der Waals surface area contributed by atoms with Crippen molar-refractivity contribution >= 4 is 50.6 Å². The minimum absolute atomic E-state index is 0.173. The number of rotatable bonds is 3. The molecule has 27 heavy (non-hydrogen) atoms. The number of amides is 1. The highest BCUT2D eigenvalue weighted by Gasteiger charge is 2.24. The second-order valence-corrected chi connectivity index (χ2v) is 8.06. The van der Waals surface area contributed by atoms with E-state index in [4.69, 9.17) is 11.6 Å². The third-order valence-corrected chi connectivity index (χ3v) is 6.37. The summed E-state index contributed by atoms with van der Waals surface area (Å²) in [5.74, 6) is 0.742. The monoisotopic (exact) mass is 401 g/mol. The molecule has 2 aromatic heterocycles. The van der Waals surface area contributed by atoms with Crippen LogP contribution in [-0.4, -0.2) is 54.0 Å². The van der Waals surface area contributed by atoms with E-state index < -0.39 is 0 Å². The van der Waals surface area contributed by atoms with Crippen LogP contribution < -0.4 is 10.2 Å². The lowest BCUT2D eigenvalue weighted by molar-refractivity contribution is 0.103. The molecule has 8 heteroatoms. The average Bonchev–Trinajstić information content (AvgIpc) is 3.01. The van der Waals surface area contributed by atoms with Crippen molar-refractivity contribution in [3.8, 4) is 0 Å². The summed E-state index contributed by atoms with van der Waals surface area (Å²) in [5.41, 5.74) is 1.51. The number of piperazine rings is 1. The van der Waals surface area contributed by atoms with Gasteiger partial charge in [-0.05, 0) is 31.7 Å². The van der Waals surface area contributed by atoms with Crippen molar-refractivity contribution in [2.45, 2.75) is 6.92 Å². The Balaban J connectivity index is 1.69. The molecule has 0 radical (unpaired) electrons. The molecule has 6 nitrogen and oxygen atoms in total. The largest absolute Gasteiger partial charge is 0.353 e. The minimum Gasteiger partial charge on any atom is -0.353 e. The van der Waals surface area contributed by atoms with E-state index in [-0.39, 0.29) is 5.91 Å². The lowest BCUT2D eigenvalue weighted by atomic mass is 10.1. The normalized spacial score (nSPS) is 15.3. The fourth-order valence-electron chi connectivity index (χ4n) is 3.27. The van der Waals surface area contributed by atoms with Gasteiger partial charge in [-0.15, -0.1) is 11.3 Å². The Hall–Kier alpha value is -2.22. The number of aromatic nitrogens is 2. The number of anilines is 2. The summed E-state index contributed by atoms with van der Waals surface area (Å²) in [6, 6.07) is 7.22. The number of nitrogens with zero attached hydrogens (tertiary/aromatic N) is 4. The van der Waals surface area contributed by atoms with Gasteiger partial charge in [0, 0.05) is 26.2 Å². The highest BCUT2D eigenvalue weighted by atomic mass is 35.5. The van der Waals surface area contributed by atoms with Crippen molar-refractivity contribution in [3.05, 3.63) is 46.1 Å². The molecule has 1 saturated heterocycles. The van der Waals surface area contributed by atoms with Crippen LogP contribution in [0.2, 0.25) is 5.02 Å². The smallest absolute Gasteiger partial charge is 0.266 e. The summed E-state index contributed by atoms with van der Waals surface area (Å²) >= 11 is 7.56. The maximum absolute atomic E-state index is 12.9. The van der Waals surface area contributed by atoms with Crippen molar-refractivity contribution < 1.29 is 4.79 Å². The van der Waals surface area contributed by atoms with Crippen LogP contribution >= 0.6 is 22.9 Å². The second-order valence-electron chi connectivity index (χ2n) is 6.66. The predicted octanol–water partition coefficient (Wildman–Crippen LogP) is 3.66. The van der Waals surface area contributed by atoms with E-state index >= 15 is 0 Å². The molecule has 1 amide bonds. The van der Waals surface area contributed by atoms with E-state index in [0.29, 0.717) is 15.6 Å². The van der Waals surface area contributed by atoms with Gasteiger partial charge in [0.05, 0.1) is 21.0 Å². The molecule has 1 N–H and O–H groups in total. The molecule has 0 bridgehead atoms. The van der Waals surface area contributed by atoms with Gasteiger partial charge in [0.15, 0.2) is 0 Å². The highest BCUT2D eigenvalue weighted by molar-refractivity contribution is 7.20. The van der Waals surface area contributed by atoms with Crippen molar-refractivity contribution in [1.82, 2.24) is 14.9 Å². The van der Waals surface area contributed by atoms with Crippen LogP contribution in [0.4, 0.5) is 11.5 Å². The van der Waals surface area contributed by atoms with Gasteiger partial charge in [-0.25, -0.2) is 9.97 Å². The standard InChI is InChI=1S/C19H20ClN5OS/c1-12-15-17(25-9-7-24(2)8-10-25)21-11-22-19(15)27-16(12)18(26)23-14-6-4-3-5-13(14)20/h3-6,11H,7-10H2,1-2H3,(H,23,26). The number of hydrogen-bond acceptors (Lipinski definition) is 6. The number of thiophene rings is 1. The molecule has 1 aliphatic heterocycles. The van der Waals surface area contributed by atoms with Crippen molar-refractivity contribution in [2.24, 2.45) is 0 Å². The fraction of sp³-hybridized carbons (Fsp3) is 0.316. The van der Waals surface area contributed by atoms with Crippen LogP contribution in [0.25, 0.3) is 10.2 Å². The molecule has 0 saturated carbocycles. The molecule has 0 atom stereocenters. The Bertz CT molecular complexity index is 997. The van der Waals surface area contributed by atoms with E-state index in [9.17, 15) is 4.79 Å². The van der Waals surface area contributed by atoms with Gasteiger partial charge < -0.3 is 15.1 Å². The number of para-hydroxylation sites is 1. The van der Waals surface area contributed by atoms with Gasteiger partial charge in [0.2, 0.25) is 0 Å². The van der Waals surface area contributed by atoms with Gasteiger partial charge in [0.25, 0.3) is 5.91 Å². The fourth-order valence-corrected chi connectivity index (χ4v) is 4.49. The van der Waals surface area contributed by atoms with E-state index in [1.807, 2.05) is 19.1 Å². The summed E-state index contributed by atoms with van der Waals surface area (Å²) in [6.07, 6.45) is 1.58. The Morgan fingerprint density at radius 1 is 1.19 bits per heavy atom. The van der Waals surface area contributed by atoms with Crippen LogP contribution in [0.3, 0.4) is 0 Å². The minimum atomic E-state index is -0.173. The maximum Gasteiger partial charge on any atom is 0.266 e. The molecule has 0 aliphatic carbocycles. The first-order valence-electron chi connectivity index (χ1n) is 8.78. The number of carbonyl (C=O) groups excluding carboxylic acids is 1. The van der Waals surface area contributed by atoms with Gasteiger partial charge in [-0.3, -0.25) is 4.79 Å². The molecule has 1 fully saturated rings. The average molecular weight is 402 g/mol. The first-order valence-corrected chi connectivity index (χ1v) is 9.97. The van der Waals surface area contributed by atoms with Crippen molar-refractivity contribution in [3.63, 3.8) is 0 Å². The Kier molecular flexibility index (Phi) is 4.99. The predicted molar refractivity (Wildman–Crippen MR) is 111 cm³/mol. The Morgan fingerprint density at radius 2 is 1.93 bits per heavy atom. The van der Waals surface area contributed by atoms with Gasteiger partial charge in [-0.2, -0.15) is 0 Å². The number of hydrogen-bond donors (Lipinski definition) is 1. The zero-order chi connectivity index (χ0) is 19.0. The van der Waals surface area contributed by atoms with Gasteiger partial charge in [0.1, 0.15) is 17.0 Å². The number of halogens is 1. The van der Waals surface area contributed by atoms with Gasteiger partial charge in [-0.1, -0.05) is 23.7 Å². The van der Waals surface area contributed by atoms with Crippen LogP contribution in [0.1, 0.15) is 15.2 Å². The van der Waals surface area contributed by atoms with E-state index in [1.54, 1.807) is 18.5 Å². The first kappa shape index (κ1) is 18.2. The SMILES string of the molecule is Cc1c(C(=O)Nc2ccccc2Cl)sc2ncnc(N3CCN(C)CC3)c12. The van der Waals surface area contributed by atoms with Crippen LogP contribution in [0.15, 0.2) is 30.6 Å². The van der Waals surface area contributed by atoms with E-state index in [2.05, 4.69) is 32.1 Å². The van der Waals surface area contributed by atoms with Crippen LogP contribution in [0.5, 0.6) is 0 Å². The number of likely N-dealkylation sites (N-methyl/N-ethyl adjacent to an activating group) is 1. The highest BCUT2D eigenvalue weighted by Crippen LogP contribution is 2.35.